The predicted molar refractivity (Wildman–Crippen MR) is 73.4 cm³/mol. The van der Waals surface area contributed by atoms with Gasteiger partial charge in [0.05, 0.1) is 12.0 Å². The maximum atomic E-state index is 12.8. The van der Waals surface area contributed by atoms with Gasteiger partial charge in [0.15, 0.2) is 0 Å². The molecule has 0 radical (unpaired) electrons. The monoisotopic (exact) mass is 256 g/mol. The number of carbonyl (C=O) groups excluding carboxylic acids is 1. The number of carbonyl (C=O) groups is 1. The van der Waals surface area contributed by atoms with E-state index >= 15 is 0 Å². The Morgan fingerprint density at radius 2 is 1.89 bits per heavy atom. The first-order valence-electron chi connectivity index (χ1n) is 7.31. The summed E-state index contributed by atoms with van der Waals surface area (Å²) in [4.78, 5) is 14.6. The van der Waals surface area contributed by atoms with Crippen molar-refractivity contribution in [2.45, 2.75) is 46.0 Å². The van der Waals surface area contributed by atoms with Gasteiger partial charge >= 0.3 is 0 Å². The Labute approximate surface area is 111 Å². The molecule has 4 nitrogen and oxygen atoms in total. The van der Waals surface area contributed by atoms with Crippen LogP contribution >= 0.6 is 0 Å². The Bertz CT molecular complexity index is 239. The van der Waals surface area contributed by atoms with E-state index in [1.165, 1.54) is 0 Å². The number of amides is 1. The maximum absolute atomic E-state index is 12.8. The van der Waals surface area contributed by atoms with Crippen LogP contribution in [-0.2, 0) is 4.79 Å². The molecule has 0 aliphatic carbocycles. The van der Waals surface area contributed by atoms with E-state index in [9.17, 15) is 4.79 Å². The van der Waals surface area contributed by atoms with Gasteiger partial charge in [0.2, 0.25) is 5.91 Å². The Kier molecular flexibility index (Phi) is 6.65. The van der Waals surface area contributed by atoms with Gasteiger partial charge in [-0.15, -0.1) is 0 Å². The zero-order chi connectivity index (χ0) is 13.4. The third kappa shape index (κ3) is 3.69. The maximum Gasteiger partial charge on any atom is 0.228 e. The normalized spacial score (nSPS) is 18.6. The van der Waals surface area contributed by atoms with Crippen LogP contribution in [0.15, 0.2) is 0 Å². The van der Waals surface area contributed by atoms with E-state index < -0.39 is 0 Å². The van der Waals surface area contributed by atoms with Gasteiger partial charge in [0, 0.05) is 13.1 Å². The van der Waals surface area contributed by atoms with Crippen LogP contribution in [0.5, 0.6) is 0 Å². The number of nitrogens with one attached hydrogen (secondary N) is 1. The average Bonchev–Trinajstić information content (AvgIpc) is 2.39. The molecule has 1 rings (SSSR count). The lowest BCUT2D eigenvalue weighted by Crippen LogP contribution is -2.50. The molecule has 1 saturated heterocycles. The lowest BCUT2D eigenvalue weighted by atomic mass is 9.74. The van der Waals surface area contributed by atoms with Crippen molar-refractivity contribution in [3.63, 3.8) is 0 Å². The summed E-state index contributed by atoms with van der Waals surface area (Å²) >= 11 is 0. The standard InChI is InChI=1S/C14H28N2O2/c1-3-5-14(6-8-15-9-7-14)13(18)16(10-4-2)11-12-17/h15,17H,3-12H2,1-2H3. The number of piperidine rings is 1. The smallest absolute Gasteiger partial charge is 0.228 e. The Balaban J connectivity index is 2.78. The second-order valence-electron chi connectivity index (χ2n) is 5.30. The fourth-order valence-electron chi connectivity index (χ4n) is 3.00. The van der Waals surface area contributed by atoms with Crippen LogP contribution in [0, 0.1) is 5.41 Å². The second kappa shape index (κ2) is 7.74. The molecule has 0 unspecified atom stereocenters. The van der Waals surface area contributed by atoms with Gasteiger partial charge in [-0.3, -0.25) is 4.79 Å². The van der Waals surface area contributed by atoms with Crippen LogP contribution < -0.4 is 5.32 Å². The first kappa shape index (κ1) is 15.4. The highest BCUT2D eigenvalue weighted by molar-refractivity contribution is 5.83. The third-order valence-electron chi connectivity index (χ3n) is 3.89. The zero-order valence-electron chi connectivity index (χ0n) is 11.9. The summed E-state index contributed by atoms with van der Waals surface area (Å²) < 4.78 is 0. The Morgan fingerprint density at radius 3 is 2.39 bits per heavy atom. The van der Waals surface area contributed by atoms with Crippen LogP contribution in [0.1, 0.15) is 46.0 Å². The van der Waals surface area contributed by atoms with Crippen LogP contribution in [0.3, 0.4) is 0 Å². The molecule has 2 N–H and O–H groups in total. The van der Waals surface area contributed by atoms with Gasteiger partial charge in [0.25, 0.3) is 0 Å². The zero-order valence-corrected chi connectivity index (χ0v) is 11.9. The number of aliphatic hydroxyl groups excluding tert-OH is 1. The van der Waals surface area contributed by atoms with Crippen molar-refractivity contribution in [1.82, 2.24) is 10.2 Å². The first-order valence-corrected chi connectivity index (χ1v) is 7.31. The molecule has 1 amide bonds. The van der Waals surface area contributed by atoms with E-state index in [2.05, 4.69) is 19.2 Å². The number of nitrogens with zero attached hydrogens (tertiary/aromatic N) is 1. The van der Waals surface area contributed by atoms with Gasteiger partial charge in [-0.25, -0.2) is 0 Å². The number of aliphatic hydroxyl groups is 1. The number of hydrogen-bond donors (Lipinski definition) is 2. The molecular weight excluding hydrogens is 228 g/mol. The van der Waals surface area contributed by atoms with Crippen molar-refractivity contribution in [3.05, 3.63) is 0 Å². The molecule has 106 valence electrons. The second-order valence-corrected chi connectivity index (χ2v) is 5.30. The molecule has 0 bridgehead atoms. The minimum atomic E-state index is -0.176. The molecule has 1 fully saturated rings. The van der Waals surface area contributed by atoms with Gasteiger partial charge in [-0.05, 0) is 38.8 Å². The minimum Gasteiger partial charge on any atom is -0.395 e. The summed E-state index contributed by atoms with van der Waals surface area (Å²) in [6.07, 6.45) is 4.84. The van der Waals surface area contributed by atoms with Crippen LogP contribution in [-0.4, -0.2) is 48.7 Å². The summed E-state index contributed by atoms with van der Waals surface area (Å²) in [5, 5.41) is 12.5. The van der Waals surface area contributed by atoms with Gasteiger partial charge in [0.1, 0.15) is 0 Å². The van der Waals surface area contributed by atoms with E-state index in [0.717, 1.165) is 51.7 Å². The van der Waals surface area contributed by atoms with Gasteiger partial charge < -0.3 is 15.3 Å². The van der Waals surface area contributed by atoms with E-state index in [1.54, 1.807) is 0 Å². The average molecular weight is 256 g/mol. The van der Waals surface area contributed by atoms with Crippen molar-refractivity contribution in [2.24, 2.45) is 5.41 Å². The molecule has 1 aliphatic heterocycles. The first-order chi connectivity index (χ1) is 8.70. The molecule has 0 spiro atoms. The summed E-state index contributed by atoms with van der Waals surface area (Å²) in [5.74, 6) is 0.266. The summed E-state index contributed by atoms with van der Waals surface area (Å²) in [6.45, 7) is 7.39. The molecule has 0 saturated carbocycles. The highest BCUT2D eigenvalue weighted by Crippen LogP contribution is 2.36. The van der Waals surface area contributed by atoms with Crippen LogP contribution in [0.4, 0.5) is 0 Å². The third-order valence-corrected chi connectivity index (χ3v) is 3.89. The lowest BCUT2D eigenvalue weighted by Gasteiger charge is -2.40. The molecule has 18 heavy (non-hydrogen) atoms. The molecule has 1 heterocycles. The van der Waals surface area contributed by atoms with Crippen molar-refractivity contribution in [1.29, 1.82) is 0 Å². The molecule has 0 atom stereocenters. The fourth-order valence-corrected chi connectivity index (χ4v) is 3.00. The quantitative estimate of drug-likeness (QED) is 0.724. The van der Waals surface area contributed by atoms with E-state index in [4.69, 9.17) is 5.11 Å². The molecule has 0 aromatic rings. The topological polar surface area (TPSA) is 52.6 Å². The van der Waals surface area contributed by atoms with Crippen LogP contribution in [0.2, 0.25) is 0 Å². The van der Waals surface area contributed by atoms with Crippen molar-refractivity contribution in [3.8, 4) is 0 Å². The summed E-state index contributed by atoms with van der Waals surface area (Å²) in [6, 6.07) is 0. The molecule has 0 aromatic carbocycles. The van der Waals surface area contributed by atoms with Gasteiger partial charge in [-0.1, -0.05) is 20.3 Å². The highest BCUT2D eigenvalue weighted by Gasteiger charge is 2.40. The van der Waals surface area contributed by atoms with Crippen molar-refractivity contribution in [2.75, 3.05) is 32.8 Å². The SMILES string of the molecule is CCCN(CCO)C(=O)C1(CCC)CCNCC1. The van der Waals surface area contributed by atoms with E-state index in [1.807, 2.05) is 4.90 Å². The van der Waals surface area contributed by atoms with Gasteiger partial charge in [-0.2, -0.15) is 0 Å². The fraction of sp³-hybridized carbons (Fsp3) is 0.929. The Hall–Kier alpha value is -0.610. The number of rotatable bonds is 7. The predicted octanol–water partition coefficient (Wildman–Crippen LogP) is 1.39. The Morgan fingerprint density at radius 1 is 1.22 bits per heavy atom. The van der Waals surface area contributed by atoms with Crippen LogP contribution in [0.25, 0.3) is 0 Å². The largest absolute Gasteiger partial charge is 0.395 e. The molecule has 4 heteroatoms. The minimum absolute atomic E-state index is 0.0617. The summed E-state index contributed by atoms with van der Waals surface area (Å²) in [5.41, 5.74) is -0.176. The highest BCUT2D eigenvalue weighted by atomic mass is 16.3. The summed E-state index contributed by atoms with van der Waals surface area (Å²) in [7, 11) is 0. The molecule has 1 aliphatic rings. The molecule has 0 aromatic heterocycles. The van der Waals surface area contributed by atoms with E-state index in [-0.39, 0.29) is 17.9 Å². The number of hydrogen-bond acceptors (Lipinski definition) is 3. The lowest BCUT2D eigenvalue weighted by molar-refractivity contribution is -0.145. The van der Waals surface area contributed by atoms with E-state index in [0.29, 0.717) is 6.54 Å². The van der Waals surface area contributed by atoms with Crippen molar-refractivity contribution < 1.29 is 9.90 Å². The van der Waals surface area contributed by atoms with Crippen molar-refractivity contribution >= 4 is 5.91 Å². The molecular formula is C14H28N2O2.